The molecule has 0 saturated carbocycles. The summed E-state index contributed by atoms with van der Waals surface area (Å²) < 4.78 is 1.93. The maximum absolute atomic E-state index is 12.1. The predicted octanol–water partition coefficient (Wildman–Crippen LogP) is 2.50. The fraction of sp³-hybridized carbons (Fsp3) is 0.765. The Labute approximate surface area is 163 Å². The van der Waals surface area contributed by atoms with Gasteiger partial charge in [0.2, 0.25) is 0 Å². The number of nitrogens with one attached hydrogen (secondary N) is 2. The summed E-state index contributed by atoms with van der Waals surface area (Å²) in [6, 6.07) is 2.19. The summed E-state index contributed by atoms with van der Waals surface area (Å²) in [6.07, 6.45) is 6.34. The van der Waals surface area contributed by atoms with Crippen molar-refractivity contribution in [2.45, 2.75) is 45.6 Å². The number of hydrogen-bond acceptors (Lipinski definition) is 4. The number of hydrogen-bond donors (Lipinski definition) is 2. The maximum Gasteiger partial charge on any atom is 0.271 e. The van der Waals surface area contributed by atoms with Crippen LogP contribution in [0.4, 0.5) is 0 Å². The van der Waals surface area contributed by atoms with Crippen LogP contribution in [0.25, 0.3) is 0 Å². The summed E-state index contributed by atoms with van der Waals surface area (Å²) in [7, 11) is 0. The van der Waals surface area contributed by atoms with Crippen molar-refractivity contribution >= 4 is 30.7 Å². The number of halogens is 2. The molecule has 0 radical (unpaired) electrons. The zero-order chi connectivity index (χ0) is 16.5. The van der Waals surface area contributed by atoms with Gasteiger partial charge in [0.15, 0.2) is 0 Å². The van der Waals surface area contributed by atoms with E-state index in [1.165, 1.54) is 6.42 Å². The third-order valence-corrected chi connectivity index (χ3v) is 4.57. The van der Waals surface area contributed by atoms with Crippen molar-refractivity contribution in [1.82, 2.24) is 25.3 Å². The quantitative estimate of drug-likeness (QED) is 0.632. The van der Waals surface area contributed by atoms with Crippen LogP contribution in [-0.2, 0) is 0 Å². The third-order valence-electron chi connectivity index (χ3n) is 4.57. The largest absolute Gasteiger partial charge is 0.351 e. The Morgan fingerprint density at radius 1 is 1.36 bits per heavy atom. The Bertz CT molecular complexity index is 473. The molecule has 1 aromatic rings. The van der Waals surface area contributed by atoms with E-state index in [0.717, 1.165) is 58.5 Å². The van der Waals surface area contributed by atoms with Crippen molar-refractivity contribution < 1.29 is 4.79 Å². The lowest BCUT2D eigenvalue weighted by Crippen LogP contribution is -2.32. The van der Waals surface area contributed by atoms with E-state index < -0.39 is 0 Å². The van der Waals surface area contributed by atoms with Crippen LogP contribution < -0.4 is 10.6 Å². The minimum absolute atomic E-state index is 0. The minimum Gasteiger partial charge on any atom is -0.351 e. The van der Waals surface area contributed by atoms with Gasteiger partial charge in [-0.2, -0.15) is 5.10 Å². The first kappa shape index (κ1) is 24.2. The van der Waals surface area contributed by atoms with Crippen molar-refractivity contribution in [3.05, 3.63) is 18.0 Å². The highest BCUT2D eigenvalue weighted by Gasteiger charge is 2.17. The fourth-order valence-electron chi connectivity index (χ4n) is 3.01. The molecule has 1 aliphatic rings. The molecular weight excluding hydrogens is 361 g/mol. The van der Waals surface area contributed by atoms with Crippen LogP contribution in [0, 0.1) is 0 Å². The number of carbonyl (C=O) groups excluding carboxylic acids is 1. The van der Waals surface area contributed by atoms with Crippen molar-refractivity contribution in [3.8, 4) is 0 Å². The molecule has 0 aromatic carbocycles. The van der Waals surface area contributed by atoms with E-state index in [0.29, 0.717) is 11.7 Å². The number of piperidine rings is 1. The molecule has 0 bridgehead atoms. The number of unbranched alkanes of at least 4 members (excludes halogenated alkanes) is 1. The van der Waals surface area contributed by atoms with Crippen molar-refractivity contribution in [1.29, 1.82) is 0 Å². The summed E-state index contributed by atoms with van der Waals surface area (Å²) in [5, 5.41) is 10.8. The van der Waals surface area contributed by atoms with E-state index in [2.05, 4.69) is 34.5 Å². The molecule has 0 spiro atoms. The van der Waals surface area contributed by atoms with Gasteiger partial charge in [0, 0.05) is 19.3 Å². The molecule has 1 aromatic heterocycles. The number of aromatic nitrogens is 2. The molecule has 6 nitrogen and oxygen atoms in total. The van der Waals surface area contributed by atoms with Gasteiger partial charge >= 0.3 is 0 Å². The highest BCUT2D eigenvalue weighted by molar-refractivity contribution is 5.92. The third kappa shape index (κ3) is 7.94. The topological polar surface area (TPSA) is 62.2 Å². The van der Waals surface area contributed by atoms with E-state index in [-0.39, 0.29) is 30.7 Å². The molecule has 1 unspecified atom stereocenters. The van der Waals surface area contributed by atoms with Crippen LogP contribution in [0.15, 0.2) is 12.3 Å². The summed E-state index contributed by atoms with van der Waals surface area (Å²) >= 11 is 0. The lowest BCUT2D eigenvalue weighted by Gasteiger charge is -2.22. The normalized spacial score (nSPS) is 16.8. The van der Waals surface area contributed by atoms with E-state index in [4.69, 9.17) is 0 Å². The van der Waals surface area contributed by atoms with E-state index in [1.54, 1.807) is 0 Å². The summed E-state index contributed by atoms with van der Waals surface area (Å²) in [6.45, 7) is 10.4. The van der Waals surface area contributed by atoms with Gasteiger partial charge in [-0.3, -0.25) is 9.48 Å². The molecule has 2 rings (SSSR count). The van der Waals surface area contributed by atoms with E-state index in [1.807, 2.05) is 16.9 Å². The van der Waals surface area contributed by atoms with Crippen LogP contribution in [-0.4, -0.2) is 59.9 Å². The molecule has 2 heterocycles. The zero-order valence-corrected chi connectivity index (χ0v) is 17.0. The van der Waals surface area contributed by atoms with Crippen LogP contribution >= 0.6 is 24.8 Å². The molecule has 25 heavy (non-hydrogen) atoms. The second kappa shape index (κ2) is 13.4. The van der Waals surface area contributed by atoms with Gasteiger partial charge in [0.25, 0.3) is 5.91 Å². The molecule has 1 amide bonds. The first-order valence-corrected chi connectivity index (χ1v) is 9.01. The highest BCUT2D eigenvalue weighted by Crippen LogP contribution is 2.15. The van der Waals surface area contributed by atoms with E-state index >= 15 is 0 Å². The number of nitrogens with zero attached hydrogens (tertiary/aromatic N) is 3. The van der Waals surface area contributed by atoms with Gasteiger partial charge in [0.1, 0.15) is 5.69 Å². The Kier molecular flexibility index (Phi) is 13.0. The van der Waals surface area contributed by atoms with Gasteiger partial charge < -0.3 is 15.5 Å². The highest BCUT2D eigenvalue weighted by atomic mass is 35.5. The standard InChI is InChI=1S/C17H31N5O.2ClH/c1-3-21(4-2)12-6-5-11-19-17(23)16-9-13-22(20-16)15-8-7-10-18-14-15;;/h9,13,15,18H,3-8,10-12,14H2,1-2H3,(H,19,23);2*1H. The summed E-state index contributed by atoms with van der Waals surface area (Å²) in [4.78, 5) is 14.5. The molecule has 0 aliphatic carbocycles. The fourth-order valence-corrected chi connectivity index (χ4v) is 3.01. The minimum atomic E-state index is -0.0599. The van der Waals surface area contributed by atoms with Crippen LogP contribution in [0.1, 0.15) is 56.1 Å². The number of carbonyl (C=O) groups is 1. The smallest absolute Gasteiger partial charge is 0.271 e. The number of rotatable bonds is 9. The summed E-state index contributed by atoms with van der Waals surface area (Å²) in [5.74, 6) is -0.0599. The second-order valence-corrected chi connectivity index (χ2v) is 6.17. The molecule has 2 N–H and O–H groups in total. The second-order valence-electron chi connectivity index (χ2n) is 6.17. The molecule has 146 valence electrons. The molecule has 8 heteroatoms. The molecule has 1 saturated heterocycles. The Morgan fingerprint density at radius 2 is 2.12 bits per heavy atom. The molecule has 1 fully saturated rings. The monoisotopic (exact) mass is 393 g/mol. The molecular formula is C17H33Cl2N5O. The van der Waals surface area contributed by atoms with Crippen molar-refractivity contribution in [2.24, 2.45) is 0 Å². The van der Waals surface area contributed by atoms with E-state index in [9.17, 15) is 4.79 Å². The van der Waals surface area contributed by atoms with Crippen LogP contribution in [0.5, 0.6) is 0 Å². The van der Waals surface area contributed by atoms with Gasteiger partial charge in [-0.15, -0.1) is 24.8 Å². The Morgan fingerprint density at radius 3 is 2.76 bits per heavy atom. The SMILES string of the molecule is CCN(CC)CCCCNC(=O)c1ccn(C2CCCNC2)n1.Cl.Cl. The summed E-state index contributed by atoms with van der Waals surface area (Å²) in [5.41, 5.74) is 0.527. The van der Waals surface area contributed by atoms with Gasteiger partial charge in [-0.05, 0) is 57.9 Å². The van der Waals surface area contributed by atoms with Crippen molar-refractivity contribution in [3.63, 3.8) is 0 Å². The molecule has 1 aliphatic heterocycles. The van der Waals surface area contributed by atoms with Gasteiger partial charge in [0.05, 0.1) is 6.04 Å². The van der Waals surface area contributed by atoms with Crippen molar-refractivity contribution in [2.75, 3.05) is 39.3 Å². The van der Waals surface area contributed by atoms with Crippen LogP contribution in [0.2, 0.25) is 0 Å². The van der Waals surface area contributed by atoms with Gasteiger partial charge in [-0.1, -0.05) is 13.8 Å². The Hall–Kier alpha value is -0.820. The lowest BCUT2D eigenvalue weighted by molar-refractivity contribution is 0.0946. The lowest BCUT2D eigenvalue weighted by atomic mass is 10.1. The zero-order valence-electron chi connectivity index (χ0n) is 15.4. The van der Waals surface area contributed by atoms with Gasteiger partial charge in [-0.25, -0.2) is 0 Å². The Balaban J connectivity index is 0.00000288. The average molecular weight is 394 g/mol. The first-order chi connectivity index (χ1) is 11.2. The number of amides is 1. The predicted molar refractivity (Wildman–Crippen MR) is 107 cm³/mol. The average Bonchev–Trinajstić information content (AvgIpc) is 3.09. The first-order valence-electron chi connectivity index (χ1n) is 9.01. The molecule has 1 atom stereocenters. The maximum atomic E-state index is 12.1. The van der Waals surface area contributed by atoms with Crippen LogP contribution in [0.3, 0.4) is 0 Å².